The molecule has 1 heterocycles. The van der Waals surface area contributed by atoms with Gasteiger partial charge in [-0.05, 0) is 39.5 Å². The van der Waals surface area contributed by atoms with Gasteiger partial charge in [0, 0.05) is 19.6 Å². The van der Waals surface area contributed by atoms with Crippen molar-refractivity contribution in [3.8, 4) is 0 Å². The first kappa shape index (κ1) is 13.2. The summed E-state index contributed by atoms with van der Waals surface area (Å²) in [5.74, 6) is 1.92. The van der Waals surface area contributed by atoms with E-state index in [2.05, 4.69) is 35.6 Å². The fourth-order valence-electron chi connectivity index (χ4n) is 2.96. The highest BCUT2D eigenvalue weighted by Gasteiger charge is 2.22. The Morgan fingerprint density at radius 1 is 1.39 bits per heavy atom. The molecule has 1 aliphatic carbocycles. The molecule has 0 unspecified atom stereocenters. The molecular weight excluding hydrogens is 224 g/mol. The molecule has 2 rings (SSSR count). The fraction of sp³-hybridized carbons (Fsp3) is 0.786. The standard InChI is InChI=1S/C14H26N4/c1-10(2)18-14(13(15)11(3)16-18)17(4)9-12-7-5-6-8-12/h10,12H,5-9,15H2,1-4H3. The summed E-state index contributed by atoms with van der Waals surface area (Å²) in [6.45, 7) is 7.39. The summed E-state index contributed by atoms with van der Waals surface area (Å²) in [4.78, 5) is 2.30. The Balaban J connectivity index is 2.19. The molecule has 1 aliphatic rings. The fourth-order valence-corrected chi connectivity index (χ4v) is 2.96. The van der Waals surface area contributed by atoms with E-state index in [1.54, 1.807) is 0 Å². The van der Waals surface area contributed by atoms with Gasteiger partial charge in [-0.1, -0.05) is 12.8 Å². The van der Waals surface area contributed by atoms with Crippen molar-refractivity contribution in [1.29, 1.82) is 0 Å². The first-order chi connectivity index (χ1) is 8.50. The van der Waals surface area contributed by atoms with Crippen LogP contribution < -0.4 is 10.6 Å². The van der Waals surface area contributed by atoms with Crippen LogP contribution in [0.1, 0.15) is 51.3 Å². The van der Waals surface area contributed by atoms with Crippen LogP contribution in [-0.2, 0) is 0 Å². The van der Waals surface area contributed by atoms with Gasteiger partial charge in [0.1, 0.15) is 0 Å². The van der Waals surface area contributed by atoms with Crippen LogP contribution in [-0.4, -0.2) is 23.4 Å². The molecule has 0 aliphatic heterocycles. The summed E-state index contributed by atoms with van der Waals surface area (Å²) in [6.07, 6.45) is 5.49. The minimum atomic E-state index is 0.349. The van der Waals surface area contributed by atoms with Gasteiger partial charge < -0.3 is 10.6 Å². The number of nitrogen functional groups attached to an aromatic ring is 1. The third-order valence-electron chi connectivity index (χ3n) is 3.96. The molecule has 1 fully saturated rings. The van der Waals surface area contributed by atoms with Crippen LogP contribution in [0.15, 0.2) is 0 Å². The van der Waals surface area contributed by atoms with Gasteiger partial charge in [-0.3, -0.25) is 0 Å². The first-order valence-electron chi connectivity index (χ1n) is 7.06. The zero-order valence-corrected chi connectivity index (χ0v) is 12.1. The summed E-state index contributed by atoms with van der Waals surface area (Å²) < 4.78 is 2.06. The minimum absolute atomic E-state index is 0.349. The molecule has 0 atom stereocenters. The van der Waals surface area contributed by atoms with Gasteiger partial charge in [0.05, 0.1) is 11.4 Å². The zero-order chi connectivity index (χ0) is 13.3. The van der Waals surface area contributed by atoms with Crippen LogP contribution >= 0.6 is 0 Å². The minimum Gasteiger partial charge on any atom is -0.394 e. The van der Waals surface area contributed by atoms with Crippen LogP contribution in [0.2, 0.25) is 0 Å². The van der Waals surface area contributed by atoms with Crippen molar-refractivity contribution in [3.05, 3.63) is 5.69 Å². The molecule has 0 amide bonds. The molecule has 1 aromatic heterocycles. The van der Waals surface area contributed by atoms with E-state index in [9.17, 15) is 0 Å². The SMILES string of the molecule is Cc1nn(C(C)C)c(N(C)CC2CCCC2)c1N. The lowest BCUT2D eigenvalue weighted by molar-refractivity contribution is 0.503. The number of nitrogens with two attached hydrogens (primary N) is 1. The summed E-state index contributed by atoms with van der Waals surface area (Å²) in [7, 11) is 2.14. The molecule has 1 saturated carbocycles. The molecule has 1 aromatic rings. The first-order valence-corrected chi connectivity index (χ1v) is 7.06. The van der Waals surface area contributed by atoms with Crippen molar-refractivity contribution in [2.45, 2.75) is 52.5 Å². The van der Waals surface area contributed by atoms with Crippen LogP contribution in [0.4, 0.5) is 11.5 Å². The molecule has 4 nitrogen and oxygen atoms in total. The second kappa shape index (κ2) is 5.21. The maximum atomic E-state index is 6.19. The molecule has 0 aromatic carbocycles. The van der Waals surface area contributed by atoms with Crippen molar-refractivity contribution in [2.75, 3.05) is 24.2 Å². The Hall–Kier alpha value is -1.19. The lowest BCUT2D eigenvalue weighted by Crippen LogP contribution is -2.27. The molecule has 0 bridgehead atoms. The van der Waals surface area contributed by atoms with Crippen LogP contribution in [0.3, 0.4) is 0 Å². The van der Waals surface area contributed by atoms with E-state index in [0.29, 0.717) is 6.04 Å². The summed E-state index contributed by atoms with van der Waals surface area (Å²) in [5.41, 5.74) is 7.97. The molecular formula is C14H26N4. The number of aromatic nitrogens is 2. The van der Waals surface area contributed by atoms with Crippen molar-refractivity contribution in [3.63, 3.8) is 0 Å². The molecule has 0 radical (unpaired) electrons. The largest absolute Gasteiger partial charge is 0.394 e. The number of hydrogen-bond acceptors (Lipinski definition) is 3. The van der Waals surface area contributed by atoms with E-state index in [0.717, 1.165) is 29.7 Å². The van der Waals surface area contributed by atoms with Gasteiger partial charge in [0.15, 0.2) is 5.82 Å². The van der Waals surface area contributed by atoms with E-state index in [4.69, 9.17) is 5.73 Å². The highest BCUT2D eigenvalue weighted by atomic mass is 15.4. The Bertz CT molecular complexity index is 402. The monoisotopic (exact) mass is 250 g/mol. The second-order valence-electron chi connectivity index (χ2n) is 5.89. The average Bonchev–Trinajstić information content (AvgIpc) is 2.88. The third-order valence-corrected chi connectivity index (χ3v) is 3.96. The Labute approximate surface area is 110 Å². The van der Waals surface area contributed by atoms with Crippen molar-refractivity contribution in [2.24, 2.45) is 5.92 Å². The predicted molar refractivity (Wildman–Crippen MR) is 77.0 cm³/mol. The van der Waals surface area contributed by atoms with Gasteiger partial charge in [-0.2, -0.15) is 5.10 Å². The van der Waals surface area contributed by atoms with Crippen molar-refractivity contribution in [1.82, 2.24) is 9.78 Å². The van der Waals surface area contributed by atoms with E-state index in [1.807, 2.05) is 6.92 Å². The summed E-state index contributed by atoms with van der Waals surface area (Å²) in [6, 6.07) is 0.349. The number of aryl methyl sites for hydroxylation is 1. The van der Waals surface area contributed by atoms with E-state index < -0.39 is 0 Å². The highest BCUT2D eigenvalue weighted by Crippen LogP contribution is 2.31. The Morgan fingerprint density at radius 2 is 2.00 bits per heavy atom. The van der Waals surface area contributed by atoms with Gasteiger partial charge in [-0.15, -0.1) is 0 Å². The predicted octanol–water partition coefficient (Wildman–Crippen LogP) is 2.98. The topological polar surface area (TPSA) is 47.1 Å². The van der Waals surface area contributed by atoms with Gasteiger partial charge in [-0.25, -0.2) is 4.68 Å². The van der Waals surface area contributed by atoms with E-state index >= 15 is 0 Å². The molecule has 4 heteroatoms. The van der Waals surface area contributed by atoms with Crippen LogP contribution in [0.5, 0.6) is 0 Å². The molecule has 2 N–H and O–H groups in total. The molecule has 18 heavy (non-hydrogen) atoms. The summed E-state index contributed by atoms with van der Waals surface area (Å²) >= 11 is 0. The molecule has 0 saturated heterocycles. The number of hydrogen-bond donors (Lipinski definition) is 1. The van der Waals surface area contributed by atoms with Crippen LogP contribution in [0, 0.1) is 12.8 Å². The lowest BCUT2D eigenvalue weighted by atomic mass is 10.1. The average molecular weight is 250 g/mol. The third kappa shape index (κ3) is 2.47. The van der Waals surface area contributed by atoms with E-state index in [1.165, 1.54) is 25.7 Å². The van der Waals surface area contributed by atoms with Crippen molar-refractivity contribution >= 4 is 11.5 Å². The van der Waals surface area contributed by atoms with E-state index in [-0.39, 0.29) is 0 Å². The van der Waals surface area contributed by atoms with Gasteiger partial charge in [0.2, 0.25) is 0 Å². The smallest absolute Gasteiger partial charge is 0.150 e. The molecule has 102 valence electrons. The number of anilines is 2. The Kier molecular flexibility index (Phi) is 3.83. The normalized spacial score (nSPS) is 16.7. The second-order valence-corrected chi connectivity index (χ2v) is 5.89. The number of rotatable bonds is 4. The lowest BCUT2D eigenvalue weighted by Gasteiger charge is -2.25. The molecule has 0 spiro atoms. The summed E-state index contributed by atoms with van der Waals surface area (Å²) in [5, 5.41) is 4.56. The van der Waals surface area contributed by atoms with Gasteiger partial charge in [0.25, 0.3) is 0 Å². The number of nitrogens with zero attached hydrogens (tertiary/aromatic N) is 3. The Morgan fingerprint density at radius 3 is 2.56 bits per heavy atom. The van der Waals surface area contributed by atoms with Gasteiger partial charge >= 0.3 is 0 Å². The maximum Gasteiger partial charge on any atom is 0.150 e. The van der Waals surface area contributed by atoms with Crippen molar-refractivity contribution < 1.29 is 0 Å². The maximum absolute atomic E-state index is 6.19. The highest BCUT2D eigenvalue weighted by molar-refractivity contribution is 5.66. The van der Waals surface area contributed by atoms with Crippen LogP contribution in [0.25, 0.3) is 0 Å². The quantitative estimate of drug-likeness (QED) is 0.893. The zero-order valence-electron chi connectivity index (χ0n) is 12.1.